The number of carbonyl (C=O) groups is 2. The summed E-state index contributed by atoms with van der Waals surface area (Å²) >= 11 is 18.8. The highest BCUT2D eigenvalue weighted by atomic mass is 35.5. The number of nitrogens with zero attached hydrogens (tertiary/aromatic N) is 1. The molecule has 1 aliphatic rings. The first kappa shape index (κ1) is 29.3. The van der Waals surface area contributed by atoms with E-state index in [0.29, 0.717) is 32.8 Å². The highest BCUT2D eigenvalue weighted by molar-refractivity contribution is 6.35. The molecular weight excluding hydrogens is 555 g/mol. The fraction of sp³-hybridized carbons (Fsp3) is 0.355. The van der Waals surface area contributed by atoms with Crippen molar-refractivity contribution in [2.75, 3.05) is 6.61 Å². The Balaban J connectivity index is 1.63. The summed E-state index contributed by atoms with van der Waals surface area (Å²) in [5.41, 5.74) is 2.50. The Kier molecular flexibility index (Phi) is 10.6. The van der Waals surface area contributed by atoms with Crippen LogP contribution in [0.2, 0.25) is 15.1 Å². The van der Waals surface area contributed by atoms with Crippen LogP contribution >= 0.6 is 34.8 Å². The van der Waals surface area contributed by atoms with E-state index in [2.05, 4.69) is 5.32 Å². The molecule has 0 radical (unpaired) electrons. The van der Waals surface area contributed by atoms with Crippen LogP contribution < -0.4 is 10.1 Å². The van der Waals surface area contributed by atoms with Crippen LogP contribution in [0.4, 0.5) is 0 Å². The zero-order valence-electron chi connectivity index (χ0n) is 22.0. The van der Waals surface area contributed by atoms with Crippen molar-refractivity contribution < 1.29 is 14.3 Å². The lowest BCUT2D eigenvalue weighted by atomic mass is 9.94. The maximum atomic E-state index is 13.8. The predicted molar refractivity (Wildman–Crippen MR) is 158 cm³/mol. The van der Waals surface area contributed by atoms with E-state index < -0.39 is 6.04 Å². The summed E-state index contributed by atoms with van der Waals surface area (Å²) in [6, 6.07) is 19.5. The molecule has 0 spiro atoms. The molecule has 1 atom stereocenters. The van der Waals surface area contributed by atoms with Crippen LogP contribution in [-0.4, -0.2) is 35.4 Å². The Morgan fingerprint density at radius 3 is 2.38 bits per heavy atom. The van der Waals surface area contributed by atoms with Gasteiger partial charge in [0.15, 0.2) is 6.61 Å². The van der Waals surface area contributed by atoms with Gasteiger partial charge in [-0.05, 0) is 66.8 Å². The summed E-state index contributed by atoms with van der Waals surface area (Å²) in [6.45, 7) is 1.76. The van der Waals surface area contributed by atoms with Crippen LogP contribution in [-0.2, 0) is 22.6 Å². The summed E-state index contributed by atoms with van der Waals surface area (Å²) < 4.78 is 5.87. The maximum Gasteiger partial charge on any atom is 0.261 e. The van der Waals surface area contributed by atoms with Gasteiger partial charge in [-0.15, -0.1) is 0 Å². The fourth-order valence-corrected chi connectivity index (χ4v) is 5.45. The van der Waals surface area contributed by atoms with Gasteiger partial charge in [0.25, 0.3) is 5.91 Å². The number of benzene rings is 3. The van der Waals surface area contributed by atoms with Gasteiger partial charge in [-0.3, -0.25) is 9.59 Å². The molecule has 0 unspecified atom stereocenters. The Labute approximate surface area is 245 Å². The summed E-state index contributed by atoms with van der Waals surface area (Å²) in [5.74, 6) is 0.0286. The molecule has 1 fully saturated rings. The number of halogens is 3. The van der Waals surface area contributed by atoms with Crippen LogP contribution in [0.5, 0.6) is 5.75 Å². The summed E-state index contributed by atoms with van der Waals surface area (Å²) in [5, 5.41) is 4.78. The molecule has 1 aliphatic carbocycles. The van der Waals surface area contributed by atoms with Gasteiger partial charge >= 0.3 is 0 Å². The first-order valence-corrected chi connectivity index (χ1v) is 14.4. The maximum absolute atomic E-state index is 13.8. The second kappa shape index (κ2) is 14.1. The SMILES string of the molecule is Cc1cc(OCC(=O)N(Cc2ccc(Cl)cc2Cl)[C@H](Cc2ccccc2)C(=O)NC2CCCCC2)ccc1Cl. The highest BCUT2D eigenvalue weighted by Crippen LogP contribution is 2.26. The predicted octanol–water partition coefficient (Wildman–Crippen LogP) is 7.42. The van der Waals surface area contributed by atoms with Crippen molar-refractivity contribution in [3.05, 3.63) is 98.5 Å². The van der Waals surface area contributed by atoms with Gasteiger partial charge in [0.1, 0.15) is 11.8 Å². The lowest BCUT2D eigenvalue weighted by Crippen LogP contribution is -2.53. The third-order valence-electron chi connectivity index (χ3n) is 7.07. The molecule has 206 valence electrons. The Morgan fingerprint density at radius 2 is 1.69 bits per heavy atom. The van der Waals surface area contributed by atoms with Crippen molar-refractivity contribution in [3.63, 3.8) is 0 Å². The van der Waals surface area contributed by atoms with Gasteiger partial charge in [0.2, 0.25) is 5.91 Å². The van der Waals surface area contributed by atoms with Crippen molar-refractivity contribution in [1.82, 2.24) is 10.2 Å². The molecule has 0 saturated heterocycles. The normalized spacial score (nSPS) is 14.5. The second-order valence-corrected chi connectivity index (χ2v) is 11.3. The van der Waals surface area contributed by atoms with E-state index in [1.54, 1.807) is 41.3 Å². The first-order valence-electron chi connectivity index (χ1n) is 13.3. The standard InChI is InChI=1S/C31H33Cl3N2O3/c1-21-16-26(14-15-27(21)33)39-20-30(37)36(19-23-12-13-24(32)18-28(23)34)29(17-22-8-4-2-5-9-22)31(38)35-25-10-6-3-7-11-25/h2,4-5,8-9,12-16,18,25,29H,3,6-7,10-11,17,19-20H2,1H3,(H,35,38)/t29-/m1/s1. The molecule has 0 bridgehead atoms. The molecular formula is C31H33Cl3N2O3. The second-order valence-electron chi connectivity index (χ2n) is 10.0. The van der Waals surface area contributed by atoms with Crippen molar-refractivity contribution in [2.45, 2.75) is 64.1 Å². The quantitative estimate of drug-likeness (QED) is 0.268. The Hall–Kier alpha value is -2.73. The Bertz CT molecular complexity index is 1280. The van der Waals surface area contributed by atoms with E-state index in [4.69, 9.17) is 39.5 Å². The van der Waals surface area contributed by atoms with Crippen LogP contribution in [0.1, 0.15) is 48.8 Å². The van der Waals surface area contributed by atoms with Crippen molar-refractivity contribution in [3.8, 4) is 5.75 Å². The first-order chi connectivity index (χ1) is 18.8. The van der Waals surface area contributed by atoms with E-state index in [-0.39, 0.29) is 31.0 Å². The van der Waals surface area contributed by atoms with Gasteiger partial charge in [0, 0.05) is 34.1 Å². The molecule has 4 rings (SSSR count). The van der Waals surface area contributed by atoms with Crippen molar-refractivity contribution in [1.29, 1.82) is 0 Å². The minimum atomic E-state index is -0.760. The number of ether oxygens (including phenoxy) is 1. The smallest absolute Gasteiger partial charge is 0.261 e. The zero-order valence-corrected chi connectivity index (χ0v) is 24.2. The van der Waals surface area contributed by atoms with E-state index >= 15 is 0 Å². The number of rotatable bonds is 10. The highest BCUT2D eigenvalue weighted by Gasteiger charge is 2.32. The lowest BCUT2D eigenvalue weighted by Gasteiger charge is -2.33. The minimum Gasteiger partial charge on any atom is -0.484 e. The third-order valence-corrected chi connectivity index (χ3v) is 8.08. The average molecular weight is 588 g/mol. The van der Waals surface area contributed by atoms with Gasteiger partial charge in [-0.2, -0.15) is 0 Å². The lowest BCUT2D eigenvalue weighted by molar-refractivity contribution is -0.143. The molecule has 2 amide bonds. The molecule has 39 heavy (non-hydrogen) atoms. The molecule has 8 heteroatoms. The van der Waals surface area contributed by atoms with Crippen molar-refractivity contribution >= 4 is 46.6 Å². The topological polar surface area (TPSA) is 58.6 Å². The van der Waals surface area contributed by atoms with Gasteiger partial charge in [-0.25, -0.2) is 0 Å². The van der Waals surface area contributed by atoms with Crippen LogP contribution in [0.3, 0.4) is 0 Å². The number of carbonyl (C=O) groups excluding carboxylic acids is 2. The number of hydrogen-bond donors (Lipinski definition) is 1. The molecule has 0 heterocycles. The summed E-state index contributed by atoms with van der Waals surface area (Å²) in [6.07, 6.45) is 5.61. The minimum absolute atomic E-state index is 0.105. The number of aryl methyl sites for hydroxylation is 1. The van der Waals surface area contributed by atoms with Gasteiger partial charge < -0.3 is 15.0 Å². The van der Waals surface area contributed by atoms with E-state index in [0.717, 1.165) is 36.8 Å². The number of amides is 2. The molecule has 1 saturated carbocycles. The fourth-order valence-electron chi connectivity index (χ4n) is 4.87. The molecule has 3 aromatic rings. The van der Waals surface area contributed by atoms with Crippen LogP contribution in [0.15, 0.2) is 66.7 Å². The van der Waals surface area contributed by atoms with Crippen molar-refractivity contribution in [2.24, 2.45) is 0 Å². The Morgan fingerprint density at radius 1 is 0.949 bits per heavy atom. The van der Waals surface area contributed by atoms with E-state index in [9.17, 15) is 9.59 Å². The van der Waals surface area contributed by atoms with Crippen LogP contribution in [0.25, 0.3) is 0 Å². The van der Waals surface area contributed by atoms with E-state index in [1.807, 2.05) is 37.3 Å². The van der Waals surface area contributed by atoms with Gasteiger partial charge in [0.05, 0.1) is 0 Å². The van der Waals surface area contributed by atoms with E-state index in [1.165, 1.54) is 6.42 Å². The summed E-state index contributed by atoms with van der Waals surface area (Å²) in [4.78, 5) is 29.2. The molecule has 1 N–H and O–H groups in total. The molecule has 5 nitrogen and oxygen atoms in total. The molecule has 3 aromatic carbocycles. The molecule has 0 aromatic heterocycles. The monoisotopic (exact) mass is 586 g/mol. The summed E-state index contributed by atoms with van der Waals surface area (Å²) in [7, 11) is 0. The van der Waals surface area contributed by atoms with Crippen LogP contribution in [0, 0.1) is 6.92 Å². The molecule has 0 aliphatic heterocycles. The third kappa shape index (κ3) is 8.38. The number of nitrogens with one attached hydrogen (secondary N) is 1. The largest absolute Gasteiger partial charge is 0.484 e. The average Bonchev–Trinajstić information content (AvgIpc) is 2.93. The zero-order chi connectivity index (χ0) is 27.8. The number of hydrogen-bond acceptors (Lipinski definition) is 3. The van der Waals surface area contributed by atoms with Gasteiger partial charge in [-0.1, -0.05) is 90.5 Å².